The van der Waals surface area contributed by atoms with Crippen LogP contribution in [-0.4, -0.2) is 37.1 Å². The molecule has 0 aliphatic heterocycles. The Kier molecular flexibility index (Phi) is 3.69. The van der Waals surface area contributed by atoms with Crippen molar-refractivity contribution in [1.82, 2.24) is 14.8 Å². The second kappa shape index (κ2) is 5.42. The van der Waals surface area contributed by atoms with Crippen molar-refractivity contribution in [1.29, 1.82) is 0 Å². The second-order valence-corrected chi connectivity index (χ2v) is 3.86. The molecule has 1 atom stereocenters. The van der Waals surface area contributed by atoms with Crippen LogP contribution in [0, 0.1) is 0 Å². The first-order valence-electron chi connectivity index (χ1n) is 5.52. The third-order valence-corrected chi connectivity index (χ3v) is 2.58. The lowest BCUT2D eigenvalue weighted by Gasteiger charge is -2.08. The van der Waals surface area contributed by atoms with Crippen molar-refractivity contribution in [3.63, 3.8) is 0 Å². The lowest BCUT2D eigenvalue weighted by atomic mass is 10.2. The Morgan fingerprint density at radius 1 is 1.33 bits per heavy atom. The third-order valence-electron chi connectivity index (χ3n) is 2.58. The summed E-state index contributed by atoms with van der Waals surface area (Å²) in [6, 6.07) is 9.47. The summed E-state index contributed by atoms with van der Waals surface area (Å²) >= 11 is 0. The maximum atomic E-state index is 10.5. The van der Waals surface area contributed by atoms with Gasteiger partial charge in [0.1, 0.15) is 6.33 Å². The molecule has 0 radical (unpaired) electrons. The van der Waals surface area contributed by atoms with Gasteiger partial charge in [-0.3, -0.25) is 0 Å². The third kappa shape index (κ3) is 2.72. The number of aliphatic hydroxyl groups is 1. The molecule has 1 unspecified atom stereocenters. The summed E-state index contributed by atoms with van der Waals surface area (Å²) in [7, 11) is 0. The van der Waals surface area contributed by atoms with Gasteiger partial charge in [0, 0.05) is 18.5 Å². The van der Waals surface area contributed by atoms with Gasteiger partial charge in [0.05, 0.1) is 0 Å². The Bertz CT molecular complexity index is 524. The van der Waals surface area contributed by atoms with Crippen molar-refractivity contribution >= 4 is 5.97 Å². The Hall–Kier alpha value is -2.21. The van der Waals surface area contributed by atoms with Gasteiger partial charge in [-0.05, 0) is 0 Å². The zero-order chi connectivity index (χ0) is 13.0. The number of hydrogen-bond donors (Lipinski definition) is 2. The van der Waals surface area contributed by atoms with Crippen LogP contribution in [0.1, 0.15) is 6.42 Å². The highest BCUT2D eigenvalue weighted by Gasteiger charge is 2.14. The van der Waals surface area contributed by atoms with Crippen LogP contribution in [0.2, 0.25) is 0 Å². The summed E-state index contributed by atoms with van der Waals surface area (Å²) in [6.45, 7) is 0.352. The smallest absolute Gasteiger partial charge is 0.332 e. The fourth-order valence-corrected chi connectivity index (χ4v) is 1.61. The molecule has 0 spiro atoms. The predicted octanol–water partition coefficient (Wildman–Crippen LogP) is 0.781. The molecular weight excluding hydrogens is 234 g/mol. The van der Waals surface area contributed by atoms with Gasteiger partial charge in [-0.15, -0.1) is 10.2 Å². The van der Waals surface area contributed by atoms with E-state index in [2.05, 4.69) is 10.2 Å². The van der Waals surface area contributed by atoms with Crippen molar-refractivity contribution in [3.05, 3.63) is 36.7 Å². The SMILES string of the molecule is O=C(O)C(O)CCn1cnnc1-c1ccccc1. The Labute approximate surface area is 104 Å². The normalized spacial score (nSPS) is 12.3. The van der Waals surface area contributed by atoms with Crippen LogP contribution in [-0.2, 0) is 11.3 Å². The number of aliphatic hydroxyl groups excluding tert-OH is 1. The molecule has 1 aromatic heterocycles. The molecule has 2 N–H and O–H groups in total. The van der Waals surface area contributed by atoms with Crippen molar-refractivity contribution < 1.29 is 15.0 Å². The molecule has 6 nitrogen and oxygen atoms in total. The van der Waals surface area contributed by atoms with Crippen molar-refractivity contribution in [2.45, 2.75) is 19.1 Å². The Morgan fingerprint density at radius 3 is 2.72 bits per heavy atom. The van der Waals surface area contributed by atoms with E-state index in [0.717, 1.165) is 5.56 Å². The first-order valence-corrected chi connectivity index (χ1v) is 5.52. The summed E-state index contributed by atoms with van der Waals surface area (Å²) in [5.74, 6) is -0.558. The molecule has 0 aliphatic rings. The molecule has 2 rings (SSSR count). The van der Waals surface area contributed by atoms with E-state index in [4.69, 9.17) is 5.11 Å². The van der Waals surface area contributed by atoms with Crippen LogP contribution < -0.4 is 0 Å². The van der Waals surface area contributed by atoms with Crippen LogP contribution in [0.3, 0.4) is 0 Å². The van der Waals surface area contributed by atoms with Crippen LogP contribution >= 0.6 is 0 Å². The van der Waals surface area contributed by atoms with Gasteiger partial charge in [0.25, 0.3) is 0 Å². The second-order valence-electron chi connectivity index (χ2n) is 3.86. The fraction of sp³-hybridized carbons (Fsp3) is 0.250. The van der Waals surface area contributed by atoms with Gasteiger partial charge in [-0.2, -0.15) is 0 Å². The summed E-state index contributed by atoms with van der Waals surface area (Å²) in [5, 5.41) is 25.6. The van der Waals surface area contributed by atoms with E-state index in [9.17, 15) is 9.90 Å². The van der Waals surface area contributed by atoms with Crippen molar-refractivity contribution in [3.8, 4) is 11.4 Å². The molecule has 0 bridgehead atoms. The van der Waals surface area contributed by atoms with Gasteiger partial charge >= 0.3 is 5.97 Å². The minimum absolute atomic E-state index is 0.118. The maximum Gasteiger partial charge on any atom is 0.332 e. The number of benzene rings is 1. The van der Waals surface area contributed by atoms with Crippen LogP contribution in [0.5, 0.6) is 0 Å². The van der Waals surface area contributed by atoms with Gasteiger partial charge in [0.2, 0.25) is 0 Å². The average molecular weight is 247 g/mol. The number of hydrogen-bond acceptors (Lipinski definition) is 4. The quantitative estimate of drug-likeness (QED) is 0.815. The predicted molar refractivity (Wildman–Crippen MR) is 63.7 cm³/mol. The van der Waals surface area contributed by atoms with Gasteiger partial charge in [-0.1, -0.05) is 30.3 Å². The van der Waals surface area contributed by atoms with E-state index >= 15 is 0 Å². The number of rotatable bonds is 5. The topological polar surface area (TPSA) is 88.2 Å². The van der Waals surface area contributed by atoms with E-state index in [1.807, 2.05) is 30.3 Å². The Balaban J connectivity index is 2.12. The number of carboxylic acids is 1. The lowest BCUT2D eigenvalue weighted by Crippen LogP contribution is -2.21. The molecule has 1 heterocycles. The summed E-state index contributed by atoms with van der Waals surface area (Å²) in [6.07, 6.45) is 0.278. The highest BCUT2D eigenvalue weighted by molar-refractivity contribution is 5.71. The highest BCUT2D eigenvalue weighted by Crippen LogP contribution is 2.16. The minimum atomic E-state index is -1.36. The molecule has 0 saturated heterocycles. The van der Waals surface area contributed by atoms with Crippen LogP contribution in [0.4, 0.5) is 0 Å². The largest absolute Gasteiger partial charge is 0.479 e. The highest BCUT2D eigenvalue weighted by atomic mass is 16.4. The number of carbonyl (C=O) groups is 1. The van der Waals surface area contributed by atoms with E-state index < -0.39 is 12.1 Å². The molecule has 2 aromatic rings. The monoisotopic (exact) mass is 247 g/mol. The number of aromatic nitrogens is 3. The molecule has 94 valence electrons. The first kappa shape index (κ1) is 12.3. The number of aryl methyl sites for hydroxylation is 1. The molecule has 0 amide bonds. The van der Waals surface area contributed by atoms with Crippen LogP contribution in [0.15, 0.2) is 36.7 Å². The molecule has 0 aliphatic carbocycles. The van der Waals surface area contributed by atoms with Gasteiger partial charge < -0.3 is 14.8 Å². The van der Waals surface area contributed by atoms with E-state index in [0.29, 0.717) is 12.4 Å². The van der Waals surface area contributed by atoms with E-state index in [1.54, 1.807) is 4.57 Å². The van der Waals surface area contributed by atoms with Crippen molar-refractivity contribution in [2.24, 2.45) is 0 Å². The molecule has 18 heavy (non-hydrogen) atoms. The van der Waals surface area contributed by atoms with Gasteiger partial charge in [-0.25, -0.2) is 4.79 Å². The fourth-order valence-electron chi connectivity index (χ4n) is 1.61. The Morgan fingerprint density at radius 2 is 2.06 bits per heavy atom. The summed E-state index contributed by atoms with van der Waals surface area (Å²) in [4.78, 5) is 10.5. The summed E-state index contributed by atoms with van der Waals surface area (Å²) in [5.41, 5.74) is 0.903. The molecule has 1 aromatic carbocycles. The maximum absolute atomic E-state index is 10.5. The summed E-state index contributed by atoms with van der Waals surface area (Å²) < 4.78 is 1.72. The zero-order valence-electron chi connectivity index (χ0n) is 9.60. The first-order chi connectivity index (χ1) is 8.68. The van der Waals surface area contributed by atoms with E-state index in [1.165, 1.54) is 6.33 Å². The number of carboxylic acid groups (broad SMARTS) is 1. The minimum Gasteiger partial charge on any atom is -0.479 e. The van der Waals surface area contributed by atoms with Gasteiger partial charge in [0.15, 0.2) is 11.9 Å². The van der Waals surface area contributed by atoms with E-state index in [-0.39, 0.29) is 6.42 Å². The van der Waals surface area contributed by atoms with Crippen molar-refractivity contribution in [2.75, 3.05) is 0 Å². The average Bonchev–Trinajstić information content (AvgIpc) is 2.85. The molecule has 0 fully saturated rings. The number of aliphatic carboxylic acids is 1. The molecule has 6 heteroatoms. The zero-order valence-corrected chi connectivity index (χ0v) is 9.60. The number of nitrogens with zero attached hydrogens (tertiary/aromatic N) is 3. The standard InChI is InChI=1S/C12H13N3O3/c16-10(12(17)18)6-7-15-8-13-14-11(15)9-4-2-1-3-5-9/h1-5,8,10,16H,6-7H2,(H,17,18). The lowest BCUT2D eigenvalue weighted by molar-refractivity contribution is -0.147. The van der Waals surface area contributed by atoms with Crippen LogP contribution in [0.25, 0.3) is 11.4 Å². The molecule has 0 saturated carbocycles. The molecular formula is C12H13N3O3.